The van der Waals surface area contributed by atoms with Crippen LogP contribution in [0.5, 0.6) is 0 Å². The lowest BCUT2D eigenvalue weighted by atomic mass is 10.4. The van der Waals surface area contributed by atoms with Gasteiger partial charge < -0.3 is 15.6 Å². The Labute approximate surface area is 111 Å². The van der Waals surface area contributed by atoms with E-state index in [1.165, 1.54) is 6.07 Å². The second-order valence-corrected chi connectivity index (χ2v) is 3.91. The molecule has 7 nitrogen and oxygen atoms in total. The van der Waals surface area contributed by atoms with Crippen LogP contribution in [0, 0.1) is 6.92 Å². The van der Waals surface area contributed by atoms with Crippen LogP contribution in [0.25, 0.3) is 0 Å². The molecule has 0 aromatic carbocycles. The molecule has 108 valence electrons. The summed E-state index contributed by atoms with van der Waals surface area (Å²) >= 11 is 0. The van der Waals surface area contributed by atoms with Crippen LogP contribution >= 0.6 is 0 Å². The largest absolute Gasteiger partial charge is 0.451 e. The van der Waals surface area contributed by atoms with Gasteiger partial charge in [0.05, 0.1) is 0 Å². The normalized spacial score (nSPS) is 11.6. The third-order valence-electron chi connectivity index (χ3n) is 2.21. The second kappa shape index (κ2) is 5.31. The number of hydrogen-bond acceptors (Lipinski definition) is 7. The summed E-state index contributed by atoms with van der Waals surface area (Å²) in [6.45, 7) is 1.94. The molecule has 2 rings (SSSR count). The van der Waals surface area contributed by atoms with Gasteiger partial charge in [0.25, 0.3) is 0 Å². The van der Waals surface area contributed by atoms with Crippen molar-refractivity contribution in [3.8, 4) is 0 Å². The fourth-order valence-corrected chi connectivity index (χ4v) is 1.42. The average Bonchev–Trinajstić information content (AvgIpc) is 2.73. The van der Waals surface area contributed by atoms with Gasteiger partial charge in [-0.25, -0.2) is 9.97 Å². The number of rotatable bonds is 4. The van der Waals surface area contributed by atoms with E-state index in [9.17, 15) is 13.2 Å². The number of alkyl halides is 3. The van der Waals surface area contributed by atoms with Crippen LogP contribution < -0.4 is 11.1 Å². The predicted octanol–water partition coefficient (Wildman–Crippen LogP) is 1.42. The van der Waals surface area contributed by atoms with Crippen LogP contribution in [0.1, 0.15) is 17.5 Å². The maximum atomic E-state index is 12.5. The van der Waals surface area contributed by atoms with Crippen molar-refractivity contribution in [2.75, 3.05) is 17.6 Å². The van der Waals surface area contributed by atoms with E-state index in [4.69, 9.17) is 10.3 Å². The molecule has 0 radical (unpaired) electrons. The molecule has 2 heterocycles. The first-order valence-electron chi connectivity index (χ1n) is 5.59. The molecule has 0 spiro atoms. The summed E-state index contributed by atoms with van der Waals surface area (Å²) in [6.07, 6.45) is -4.29. The summed E-state index contributed by atoms with van der Waals surface area (Å²) < 4.78 is 42.4. The molecule has 0 unspecified atom stereocenters. The third-order valence-corrected chi connectivity index (χ3v) is 2.21. The molecule has 0 saturated heterocycles. The summed E-state index contributed by atoms with van der Waals surface area (Å²) in [6, 6.07) is 1.22. The van der Waals surface area contributed by atoms with Gasteiger partial charge in [0, 0.05) is 19.0 Å². The molecule has 0 bridgehead atoms. The molecular formula is C10H11F3N6O. The highest BCUT2D eigenvalue weighted by Crippen LogP contribution is 2.27. The zero-order chi connectivity index (χ0) is 14.8. The van der Waals surface area contributed by atoms with E-state index in [-0.39, 0.29) is 18.2 Å². The van der Waals surface area contributed by atoms with Crippen molar-refractivity contribution < 1.29 is 17.7 Å². The second-order valence-electron chi connectivity index (χ2n) is 3.91. The first kappa shape index (κ1) is 14.0. The lowest BCUT2D eigenvalue weighted by Crippen LogP contribution is -2.15. The summed E-state index contributed by atoms with van der Waals surface area (Å²) in [7, 11) is 0. The standard InChI is InChI=1S/C10H11F3N6O/c1-5-16-8(20-19-5)2-3-15-7-4-6(14)17-9(18-7)10(11,12)13/h4H,2-3H2,1H3,(H3,14,15,17,18). The number of aromatic nitrogens is 4. The molecule has 3 N–H and O–H groups in total. The van der Waals surface area contributed by atoms with Gasteiger partial charge in [-0.2, -0.15) is 18.2 Å². The van der Waals surface area contributed by atoms with Crippen molar-refractivity contribution in [2.24, 2.45) is 0 Å². The van der Waals surface area contributed by atoms with Crippen molar-refractivity contribution in [1.29, 1.82) is 0 Å². The maximum absolute atomic E-state index is 12.5. The Bertz CT molecular complexity index is 597. The molecule has 0 aliphatic rings. The molecule has 0 aliphatic carbocycles. The Balaban J connectivity index is 2.00. The Morgan fingerprint density at radius 3 is 2.65 bits per heavy atom. The fraction of sp³-hybridized carbons (Fsp3) is 0.400. The first-order chi connectivity index (χ1) is 9.34. The Hall–Kier alpha value is -2.39. The van der Waals surface area contributed by atoms with E-state index in [0.717, 1.165) is 0 Å². The average molecular weight is 288 g/mol. The lowest BCUT2D eigenvalue weighted by molar-refractivity contribution is -0.144. The van der Waals surface area contributed by atoms with Crippen molar-refractivity contribution in [3.05, 3.63) is 23.6 Å². The number of nitrogens with zero attached hydrogens (tertiary/aromatic N) is 4. The Morgan fingerprint density at radius 2 is 2.05 bits per heavy atom. The number of halogens is 3. The highest BCUT2D eigenvalue weighted by Gasteiger charge is 2.35. The van der Waals surface area contributed by atoms with Gasteiger partial charge >= 0.3 is 6.18 Å². The van der Waals surface area contributed by atoms with E-state index in [0.29, 0.717) is 18.1 Å². The molecule has 0 aliphatic heterocycles. The van der Waals surface area contributed by atoms with E-state index in [1.54, 1.807) is 6.92 Å². The number of hydrogen-bond donors (Lipinski definition) is 2. The molecule has 2 aromatic rings. The van der Waals surface area contributed by atoms with Crippen LogP contribution in [0.2, 0.25) is 0 Å². The first-order valence-corrected chi connectivity index (χ1v) is 5.59. The molecule has 2 aromatic heterocycles. The smallest absolute Gasteiger partial charge is 0.384 e. The number of aryl methyl sites for hydroxylation is 1. The van der Waals surface area contributed by atoms with E-state index < -0.39 is 12.0 Å². The fourth-order valence-electron chi connectivity index (χ4n) is 1.42. The molecule has 20 heavy (non-hydrogen) atoms. The van der Waals surface area contributed by atoms with Crippen molar-refractivity contribution in [1.82, 2.24) is 20.1 Å². The van der Waals surface area contributed by atoms with E-state index in [1.807, 2.05) is 0 Å². The SMILES string of the molecule is Cc1noc(CCNc2cc(N)nc(C(F)(F)F)n2)n1. The van der Waals surface area contributed by atoms with Gasteiger partial charge in [-0.05, 0) is 6.92 Å². The van der Waals surface area contributed by atoms with Gasteiger partial charge in [0.15, 0.2) is 5.82 Å². The van der Waals surface area contributed by atoms with Gasteiger partial charge in [-0.15, -0.1) is 0 Å². The van der Waals surface area contributed by atoms with Crippen LogP contribution in [0.15, 0.2) is 10.6 Å². The van der Waals surface area contributed by atoms with Crippen LogP contribution in [0.4, 0.5) is 24.8 Å². The minimum atomic E-state index is -4.64. The molecule has 0 fully saturated rings. The van der Waals surface area contributed by atoms with Crippen LogP contribution in [0.3, 0.4) is 0 Å². The molecular weight excluding hydrogens is 277 g/mol. The van der Waals surface area contributed by atoms with E-state index in [2.05, 4.69) is 25.4 Å². The zero-order valence-electron chi connectivity index (χ0n) is 10.4. The van der Waals surface area contributed by atoms with Crippen molar-refractivity contribution in [3.63, 3.8) is 0 Å². The highest BCUT2D eigenvalue weighted by atomic mass is 19.4. The predicted molar refractivity (Wildman–Crippen MR) is 62.7 cm³/mol. The van der Waals surface area contributed by atoms with Crippen molar-refractivity contribution in [2.45, 2.75) is 19.5 Å². The minimum absolute atomic E-state index is 0.0129. The molecule has 10 heteroatoms. The van der Waals surface area contributed by atoms with Crippen molar-refractivity contribution >= 4 is 11.6 Å². The number of nitrogen functional groups attached to an aromatic ring is 1. The lowest BCUT2D eigenvalue weighted by Gasteiger charge is -2.09. The molecule has 0 amide bonds. The molecule has 0 atom stereocenters. The van der Waals surface area contributed by atoms with Crippen LogP contribution in [-0.4, -0.2) is 26.7 Å². The summed E-state index contributed by atoms with van der Waals surface area (Å²) in [5.41, 5.74) is 5.31. The number of nitrogens with two attached hydrogens (primary N) is 1. The minimum Gasteiger partial charge on any atom is -0.384 e. The van der Waals surface area contributed by atoms with Crippen LogP contribution in [-0.2, 0) is 12.6 Å². The topological polar surface area (TPSA) is 103 Å². The quantitative estimate of drug-likeness (QED) is 0.877. The molecule has 0 saturated carbocycles. The third kappa shape index (κ3) is 3.56. The zero-order valence-corrected chi connectivity index (χ0v) is 10.4. The number of anilines is 2. The van der Waals surface area contributed by atoms with Gasteiger partial charge in [-0.3, -0.25) is 0 Å². The Morgan fingerprint density at radius 1 is 1.30 bits per heavy atom. The highest BCUT2D eigenvalue weighted by molar-refractivity contribution is 5.44. The maximum Gasteiger partial charge on any atom is 0.451 e. The Kier molecular flexibility index (Phi) is 3.72. The number of nitrogens with one attached hydrogen (secondary N) is 1. The van der Waals surface area contributed by atoms with Gasteiger partial charge in [0.2, 0.25) is 11.7 Å². The summed E-state index contributed by atoms with van der Waals surface area (Å²) in [4.78, 5) is 10.4. The summed E-state index contributed by atoms with van der Waals surface area (Å²) in [5.74, 6) is -0.683. The van der Waals surface area contributed by atoms with Gasteiger partial charge in [0.1, 0.15) is 11.6 Å². The van der Waals surface area contributed by atoms with E-state index >= 15 is 0 Å². The summed E-state index contributed by atoms with van der Waals surface area (Å²) in [5, 5.41) is 6.29. The van der Waals surface area contributed by atoms with Gasteiger partial charge in [-0.1, -0.05) is 5.16 Å². The monoisotopic (exact) mass is 288 g/mol.